The van der Waals surface area contributed by atoms with Gasteiger partial charge in [0.1, 0.15) is 12.4 Å². The molecule has 0 fully saturated rings. The Morgan fingerprint density at radius 3 is 2.61 bits per heavy atom. The first-order valence-electron chi connectivity index (χ1n) is 8.12. The number of anilines is 3. The number of nitrogens with one attached hydrogen (secondary N) is 1. The summed E-state index contributed by atoms with van der Waals surface area (Å²) < 4.78 is 40.0. The van der Waals surface area contributed by atoms with Crippen LogP contribution in [0.4, 0.5) is 30.9 Å². The number of aromatic nitrogens is 7. The second-order valence-electron chi connectivity index (χ2n) is 5.94. The summed E-state index contributed by atoms with van der Waals surface area (Å²) in [6.45, 7) is 0.487. The Morgan fingerprint density at radius 1 is 1.07 bits per heavy atom. The van der Waals surface area contributed by atoms with E-state index in [4.69, 9.17) is 5.73 Å². The van der Waals surface area contributed by atoms with Gasteiger partial charge in [-0.3, -0.25) is 4.68 Å². The SMILES string of the molecule is Cc1nc(N)nc(-n2c(Nc3ccn(CC(F)(F)F)n3)nc3ccccc32)n1. The van der Waals surface area contributed by atoms with Gasteiger partial charge in [0.2, 0.25) is 17.8 Å². The van der Waals surface area contributed by atoms with Crippen LogP contribution in [-0.2, 0) is 6.54 Å². The molecule has 0 spiro atoms. The van der Waals surface area contributed by atoms with Gasteiger partial charge in [-0.1, -0.05) is 12.1 Å². The molecule has 1 aromatic carbocycles. The van der Waals surface area contributed by atoms with E-state index in [-0.39, 0.29) is 23.7 Å². The van der Waals surface area contributed by atoms with E-state index < -0.39 is 12.7 Å². The van der Waals surface area contributed by atoms with Crippen LogP contribution < -0.4 is 11.1 Å². The highest BCUT2D eigenvalue weighted by Crippen LogP contribution is 2.25. The molecule has 12 heteroatoms. The van der Waals surface area contributed by atoms with E-state index in [9.17, 15) is 13.2 Å². The van der Waals surface area contributed by atoms with Gasteiger partial charge in [0, 0.05) is 12.3 Å². The molecule has 144 valence electrons. The van der Waals surface area contributed by atoms with Crippen molar-refractivity contribution < 1.29 is 13.2 Å². The molecule has 28 heavy (non-hydrogen) atoms. The normalized spacial score (nSPS) is 11.9. The molecule has 0 aliphatic carbocycles. The molecule has 0 aliphatic heterocycles. The van der Waals surface area contributed by atoms with Gasteiger partial charge in [0.15, 0.2) is 5.82 Å². The molecule has 0 unspecified atom stereocenters. The van der Waals surface area contributed by atoms with Crippen molar-refractivity contribution in [3.05, 3.63) is 42.4 Å². The average Bonchev–Trinajstić information content (AvgIpc) is 3.16. The van der Waals surface area contributed by atoms with E-state index in [1.54, 1.807) is 17.6 Å². The topological polar surface area (TPSA) is 112 Å². The largest absolute Gasteiger partial charge is 0.408 e. The van der Waals surface area contributed by atoms with Crippen LogP contribution in [0, 0.1) is 6.92 Å². The van der Waals surface area contributed by atoms with Gasteiger partial charge in [-0.2, -0.15) is 33.2 Å². The third-order valence-corrected chi connectivity index (χ3v) is 3.74. The zero-order valence-electron chi connectivity index (χ0n) is 14.5. The van der Waals surface area contributed by atoms with E-state index in [1.807, 2.05) is 18.2 Å². The Balaban J connectivity index is 1.77. The summed E-state index contributed by atoms with van der Waals surface area (Å²) in [5, 5.41) is 6.80. The molecular formula is C16H14F3N9. The van der Waals surface area contributed by atoms with Gasteiger partial charge in [-0.05, 0) is 19.1 Å². The number of halogens is 3. The van der Waals surface area contributed by atoms with Crippen molar-refractivity contribution in [3.8, 4) is 5.95 Å². The lowest BCUT2D eigenvalue weighted by Gasteiger charge is -2.09. The van der Waals surface area contributed by atoms with Gasteiger partial charge in [-0.15, -0.1) is 0 Å². The third kappa shape index (κ3) is 3.56. The number of nitrogens with zero attached hydrogens (tertiary/aromatic N) is 7. The number of imidazole rings is 1. The number of nitrogens with two attached hydrogens (primary N) is 1. The van der Waals surface area contributed by atoms with Crippen LogP contribution in [0.15, 0.2) is 36.5 Å². The first-order chi connectivity index (χ1) is 13.3. The molecule has 0 amide bonds. The van der Waals surface area contributed by atoms with Crippen LogP contribution in [0.3, 0.4) is 0 Å². The van der Waals surface area contributed by atoms with Crippen LogP contribution >= 0.6 is 0 Å². The lowest BCUT2D eigenvalue weighted by molar-refractivity contribution is -0.142. The van der Waals surface area contributed by atoms with Crippen molar-refractivity contribution in [3.63, 3.8) is 0 Å². The molecule has 4 rings (SSSR count). The molecule has 3 aromatic heterocycles. The zero-order valence-corrected chi connectivity index (χ0v) is 14.5. The number of fused-ring (bicyclic) bond motifs is 1. The summed E-state index contributed by atoms with van der Waals surface area (Å²) in [4.78, 5) is 16.9. The van der Waals surface area contributed by atoms with Gasteiger partial charge >= 0.3 is 6.18 Å². The Labute approximate surface area is 156 Å². The average molecular weight is 389 g/mol. The van der Waals surface area contributed by atoms with Gasteiger partial charge in [0.25, 0.3) is 0 Å². The number of hydrogen-bond donors (Lipinski definition) is 2. The molecule has 0 aliphatic rings. The number of benzene rings is 1. The molecule has 3 heterocycles. The highest BCUT2D eigenvalue weighted by molar-refractivity contribution is 5.81. The van der Waals surface area contributed by atoms with E-state index in [0.29, 0.717) is 16.9 Å². The van der Waals surface area contributed by atoms with Crippen molar-refractivity contribution in [2.75, 3.05) is 11.1 Å². The summed E-state index contributed by atoms with van der Waals surface area (Å²) in [5.41, 5.74) is 7.06. The number of aryl methyl sites for hydroxylation is 1. The molecule has 0 saturated carbocycles. The molecule has 0 radical (unpaired) electrons. The first kappa shape index (κ1) is 17.7. The summed E-state index contributed by atoms with van der Waals surface area (Å²) in [6, 6.07) is 8.65. The quantitative estimate of drug-likeness (QED) is 0.552. The van der Waals surface area contributed by atoms with E-state index >= 15 is 0 Å². The second-order valence-corrected chi connectivity index (χ2v) is 5.94. The maximum absolute atomic E-state index is 12.5. The Morgan fingerprint density at radius 2 is 1.86 bits per heavy atom. The van der Waals surface area contributed by atoms with Gasteiger partial charge in [0.05, 0.1) is 11.0 Å². The van der Waals surface area contributed by atoms with Gasteiger partial charge in [-0.25, -0.2) is 9.55 Å². The van der Waals surface area contributed by atoms with E-state index in [0.717, 1.165) is 4.68 Å². The minimum atomic E-state index is -4.36. The maximum atomic E-state index is 12.5. The minimum Gasteiger partial charge on any atom is -0.368 e. The van der Waals surface area contributed by atoms with E-state index in [1.165, 1.54) is 12.3 Å². The van der Waals surface area contributed by atoms with Crippen molar-refractivity contribution in [2.45, 2.75) is 19.6 Å². The molecule has 0 atom stereocenters. The lowest BCUT2D eigenvalue weighted by atomic mass is 10.3. The van der Waals surface area contributed by atoms with Crippen molar-refractivity contribution in [2.24, 2.45) is 0 Å². The molecule has 0 saturated heterocycles. The van der Waals surface area contributed by atoms with Crippen LogP contribution in [0.2, 0.25) is 0 Å². The fourth-order valence-electron chi connectivity index (χ4n) is 2.71. The monoisotopic (exact) mass is 389 g/mol. The molecule has 4 aromatic rings. The smallest absolute Gasteiger partial charge is 0.368 e. The standard InChI is InChI=1S/C16H14F3N9/c1-9-21-13(20)25-14(22-9)28-11-5-3-2-4-10(11)23-15(28)24-12-6-7-27(26-12)8-16(17,18)19/h2-7H,8H2,1H3,(H,23,24,26)(H2,20,21,22,25). The summed E-state index contributed by atoms with van der Waals surface area (Å²) in [7, 11) is 0. The van der Waals surface area contributed by atoms with Crippen LogP contribution in [-0.4, -0.2) is 40.5 Å². The predicted molar refractivity (Wildman–Crippen MR) is 95.2 cm³/mol. The summed E-state index contributed by atoms with van der Waals surface area (Å²) >= 11 is 0. The second kappa shape index (κ2) is 6.48. The van der Waals surface area contributed by atoms with Crippen molar-refractivity contribution in [1.82, 2.24) is 34.3 Å². The van der Waals surface area contributed by atoms with Crippen LogP contribution in [0.1, 0.15) is 5.82 Å². The Bertz CT molecular complexity index is 1130. The van der Waals surface area contributed by atoms with Crippen molar-refractivity contribution in [1.29, 1.82) is 0 Å². The van der Waals surface area contributed by atoms with Crippen molar-refractivity contribution >= 4 is 28.7 Å². The fraction of sp³-hybridized carbons (Fsp3) is 0.188. The molecule has 9 nitrogen and oxygen atoms in total. The van der Waals surface area contributed by atoms with E-state index in [2.05, 4.69) is 30.4 Å². The zero-order chi connectivity index (χ0) is 19.9. The Hall–Kier alpha value is -3.70. The molecule has 0 bridgehead atoms. The van der Waals surface area contributed by atoms with Crippen LogP contribution in [0.5, 0.6) is 0 Å². The highest BCUT2D eigenvalue weighted by Gasteiger charge is 2.28. The minimum absolute atomic E-state index is 0.0423. The van der Waals surface area contributed by atoms with Gasteiger partial charge < -0.3 is 11.1 Å². The third-order valence-electron chi connectivity index (χ3n) is 3.74. The summed E-state index contributed by atoms with van der Waals surface area (Å²) in [6.07, 6.45) is -3.13. The Kier molecular flexibility index (Phi) is 4.09. The number of alkyl halides is 3. The highest BCUT2D eigenvalue weighted by atomic mass is 19.4. The number of rotatable bonds is 4. The summed E-state index contributed by atoms with van der Waals surface area (Å²) in [5.74, 6) is 1.17. The number of nitrogen functional groups attached to an aromatic ring is 1. The number of hydrogen-bond acceptors (Lipinski definition) is 7. The molecule has 3 N–H and O–H groups in total. The number of para-hydroxylation sites is 2. The fourth-order valence-corrected chi connectivity index (χ4v) is 2.71. The van der Waals surface area contributed by atoms with Crippen LogP contribution in [0.25, 0.3) is 17.0 Å². The lowest BCUT2D eigenvalue weighted by Crippen LogP contribution is -2.18. The molecular weight excluding hydrogens is 375 g/mol. The maximum Gasteiger partial charge on any atom is 0.408 e. The predicted octanol–water partition coefficient (Wildman–Crippen LogP) is 2.60. The first-order valence-corrected chi connectivity index (χ1v) is 8.12.